The van der Waals surface area contributed by atoms with Gasteiger partial charge in [-0.15, -0.1) is 0 Å². The topological polar surface area (TPSA) is 52.3 Å². The Morgan fingerprint density at radius 3 is 2.67 bits per heavy atom. The first-order valence-corrected chi connectivity index (χ1v) is 4.67. The maximum Gasteiger partial charge on any atom is 0.307 e. The van der Waals surface area contributed by atoms with Gasteiger partial charge >= 0.3 is 5.97 Å². The van der Waals surface area contributed by atoms with Crippen molar-refractivity contribution in [2.45, 2.75) is 39.0 Å². The monoisotopic (exact) mass is 173 g/mol. The Kier molecular flexibility index (Phi) is 8.12. The zero-order chi connectivity index (χ0) is 9.23. The zero-order valence-corrected chi connectivity index (χ0v) is 7.84. The van der Waals surface area contributed by atoms with E-state index in [1.165, 1.54) is 12.8 Å². The highest BCUT2D eigenvalue weighted by atomic mass is 16.5. The standard InChI is InChI=1S/C9H19NO2/c1-2-3-4-5-8-12-9(11)6-7-10/h2-8,10H2,1H3. The summed E-state index contributed by atoms with van der Waals surface area (Å²) in [5.41, 5.74) is 5.18. The molecule has 0 radical (unpaired) electrons. The summed E-state index contributed by atoms with van der Waals surface area (Å²) in [6.07, 6.45) is 4.88. The first-order chi connectivity index (χ1) is 5.81. The lowest BCUT2D eigenvalue weighted by Crippen LogP contribution is -2.11. The van der Waals surface area contributed by atoms with Crippen LogP contribution in [0.1, 0.15) is 39.0 Å². The number of carbonyl (C=O) groups is 1. The van der Waals surface area contributed by atoms with Gasteiger partial charge < -0.3 is 10.5 Å². The van der Waals surface area contributed by atoms with Crippen LogP contribution < -0.4 is 5.73 Å². The van der Waals surface area contributed by atoms with Crippen molar-refractivity contribution >= 4 is 5.97 Å². The molecule has 0 aromatic heterocycles. The lowest BCUT2D eigenvalue weighted by molar-refractivity contribution is -0.143. The first kappa shape index (κ1) is 11.4. The third-order valence-electron chi connectivity index (χ3n) is 1.61. The fourth-order valence-electron chi connectivity index (χ4n) is 0.905. The average molecular weight is 173 g/mol. The molecule has 0 rings (SSSR count). The van der Waals surface area contributed by atoms with E-state index in [1.54, 1.807) is 0 Å². The molecule has 0 fully saturated rings. The summed E-state index contributed by atoms with van der Waals surface area (Å²) in [6.45, 7) is 3.09. The molecular weight excluding hydrogens is 154 g/mol. The van der Waals surface area contributed by atoms with Gasteiger partial charge in [0, 0.05) is 6.54 Å². The van der Waals surface area contributed by atoms with Crippen LogP contribution in [0, 0.1) is 0 Å². The van der Waals surface area contributed by atoms with Gasteiger partial charge in [0.25, 0.3) is 0 Å². The van der Waals surface area contributed by atoms with Gasteiger partial charge in [0.05, 0.1) is 13.0 Å². The van der Waals surface area contributed by atoms with Gasteiger partial charge in [0.15, 0.2) is 0 Å². The molecule has 72 valence electrons. The number of esters is 1. The van der Waals surface area contributed by atoms with Crippen LogP contribution in [0.2, 0.25) is 0 Å². The highest BCUT2D eigenvalue weighted by Gasteiger charge is 1.98. The van der Waals surface area contributed by atoms with E-state index in [0.717, 1.165) is 12.8 Å². The minimum atomic E-state index is -0.172. The van der Waals surface area contributed by atoms with Crippen LogP contribution in [0.5, 0.6) is 0 Å². The van der Waals surface area contributed by atoms with E-state index in [4.69, 9.17) is 10.5 Å². The number of nitrogens with two attached hydrogens (primary N) is 1. The maximum atomic E-state index is 10.8. The summed E-state index contributed by atoms with van der Waals surface area (Å²) in [5, 5.41) is 0. The molecule has 2 N–H and O–H groups in total. The Morgan fingerprint density at radius 2 is 2.08 bits per heavy atom. The van der Waals surface area contributed by atoms with Crippen molar-refractivity contribution in [1.82, 2.24) is 0 Å². The summed E-state index contributed by atoms with van der Waals surface area (Å²) in [7, 11) is 0. The molecule has 0 aliphatic carbocycles. The van der Waals surface area contributed by atoms with Crippen molar-refractivity contribution in [1.29, 1.82) is 0 Å². The van der Waals surface area contributed by atoms with Gasteiger partial charge in [-0.05, 0) is 6.42 Å². The van der Waals surface area contributed by atoms with Gasteiger partial charge in [-0.2, -0.15) is 0 Å². The Balaban J connectivity index is 3.03. The molecule has 3 nitrogen and oxygen atoms in total. The molecule has 0 aromatic carbocycles. The van der Waals surface area contributed by atoms with Crippen molar-refractivity contribution in [2.75, 3.05) is 13.2 Å². The smallest absolute Gasteiger partial charge is 0.307 e. The van der Waals surface area contributed by atoms with Crippen LogP contribution in [-0.4, -0.2) is 19.1 Å². The third-order valence-corrected chi connectivity index (χ3v) is 1.61. The number of hydrogen-bond donors (Lipinski definition) is 1. The van der Waals surface area contributed by atoms with E-state index in [9.17, 15) is 4.79 Å². The number of ether oxygens (including phenoxy) is 1. The Labute approximate surface area is 74.3 Å². The van der Waals surface area contributed by atoms with Gasteiger partial charge in [0.2, 0.25) is 0 Å². The van der Waals surface area contributed by atoms with E-state index >= 15 is 0 Å². The summed E-state index contributed by atoms with van der Waals surface area (Å²) in [4.78, 5) is 10.8. The highest BCUT2D eigenvalue weighted by molar-refractivity contribution is 5.69. The minimum absolute atomic E-state index is 0.172. The van der Waals surface area contributed by atoms with Gasteiger partial charge in [-0.25, -0.2) is 0 Å². The average Bonchev–Trinajstić information content (AvgIpc) is 2.05. The lowest BCUT2D eigenvalue weighted by atomic mass is 10.2. The molecule has 0 unspecified atom stereocenters. The fraction of sp³-hybridized carbons (Fsp3) is 0.889. The lowest BCUT2D eigenvalue weighted by Gasteiger charge is -2.02. The van der Waals surface area contributed by atoms with Crippen LogP contribution in [0.25, 0.3) is 0 Å². The molecule has 0 bridgehead atoms. The molecule has 0 amide bonds. The Morgan fingerprint density at radius 1 is 1.33 bits per heavy atom. The Hall–Kier alpha value is -0.570. The molecule has 12 heavy (non-hydrogen) atoms. The predicted octanol–water partition coefficient (Wildman–Crippen LogP) is 1.46. The van der Waals surface area contributed by atoms with E-state index in [-0.39, 0.29) is 5.97 Å². The van der Waals surface area contributed by atoms with Crippen molar-refractivity contribution in [3.63, 3.8) is 0 Å². The van der Waals surface area contributed by atoms with E-state index in [0.29, 0.717) is 19.6 Å². The molecule has 0 atom stereocenters. The van der Waals surface area contributed by atoms with Gasteiger partial charge in [-0.1, -0.05) is 26.2 Å². The second-order valence-corrected chi connectivity index (χ2v) is 2.82. The van der Waals surface area contributed by atoms with Crippen molar-refractivity contribution in [2.24, 2.45) is 5.73 Å². The predicted molar refractivity (Wildman–Crippen MR) is 48.8 cm³/mol. The van der Waals surface area contributed by atoms with E-state index in [1.807, 2.05) is 0 Å². The Bertz CT molecular complexity index is 115. The molecular formula is C9H19NO2. The van der Waals surface area contributed by atoms with Crippen LogP contribution in [0.3, 0.4) is 0 Å². The summed E-state index contributed by atoms with van der Waals surface area (Å²) < 4.78 is 4.91. The second kappa shape index (κ2) is 8.53. The number of carbonyl (C=O) groups excluding carboxylic acids is 1. The summed E-state index contributed by atoms with van der Waals surface area (Å²) in [6, 6.07) is 0. The molecule has 0 saturated carbocycles. The van der Waals surface area contributed by atoms with Crippen molar-refractivity contribution in [3.05, 3.63) is 0 Å². The normalized spacial score (nSPS) is 9.83. The van der Waals surface area contributed by atoms with E-state index in [2.05, 4.69) is 6.92 Å². The fourth-order valence-corrected chi connectivity index (χ4v) is 0.905. The molecule has 0 aliphatic heterocycles. The van der Waals surface area contributed by atoms with Crippen LogP contribution in [-0.2, 0) is 9.53 Å². The van der Waals surface area contributed by atoms with Crippen molar-refractivity contribution in [3.8, 4) is 0 Å². The summed E-state index contributed by atoms with van der Waals surface area (Å²) >= 11 is 0. The highest BCUT2D eigenvalue weighted by Crippen LogP contribution is 1.99. The first-order valence-electron chi connectivity index (χ1n) is 4.67. The summed E-state index contributed by atoms with van der Waals surface area (Å²) in [5.74, 6) is -0.172. The number of hydrogen-bond acceptors (Lipinski definition) is 3. The maximum absolute atomic E-state index is 10.8. The van der Waals surface area contributed by atoms with Crippen LogP contribution >= 0.6 is 0 Å². The molecule has 0 aliphatic rings. The van der Waals surface area contributed by atoms with Crippen LogP contribution in [0.4, 0.5) is 0 Å². The quantitative estimate of drug-likeness (QED) is 0.468. The van der Waals surface area contributed by atoms with Crippen molar-refractivity contribution < 1.29 is 9.53 Å². The van der Waals surface area contributed by atoms with Gasteiger partial charge in [0.1, 0.15) is 0 Å². The number of rotatable bonds is 7. The molecule has 0 spiro atoms. The molecule has 3 heteroatoms. The molecule has 0 saturated heterocycles. The minimum Gasteiger partial charge on any atom is -0.466 e. The molecule has 0 heterocycles. The third kappa shape index (κ3) is 7.54. The van der Waals surface area contributed by atoms with Gasteiger partial charge in [-0.3, -0.25) is 4.79 Å². The van der Waals surface area contributed by atoms with E-state index < -0.39 is 0 Å². The second-order valence-electron chi connectivity index (χ2n) is 2.82. The van der Waals surface area contributed by atoms with Crippen LogP contribution in [0.15, 0.2) is 0 Å². The number of unbranched alkanes of at least 4 members (excludes halogenated alkanes) is 3. The zero-order valence-electron chi connectivity index (χ0n) is 7.84. The largest absolute Gasteiger partial charge is 0.466 e. The SMILES string of the molecule is CCCCCCOC(=O)CCN. The molecule has 0 aromatic rings.